The molecule has 50 heavy (non-hydrogen) atoms. The van der Waals surface area contributed by atoms with E-state index >= 15 is 0 Å². The Kier molecular flexibility index (Phi) is 9.40. The number of rotatable bonds is 8. The molecular formula is C31H15Cl8N3O8. The van der Waals surface area contributed by atoms with Gasteiger partial charge in [-0.3, -0.25) is 29.3 Å². The van der Waals surface area contributed by atoms with Gasteiger partial charge in [0.2, 0.25) is 0 Å². The lowest BCUT2D eigenvalue weighted by atomic mass is 9.84. The number of halogens is 8. The summed E-state index contributed by atoms with van der Waals surface area (Å²) in [6.45, 7) is -0.918. The average molecular weight is 841 g/mol. The molecule has 11 nitrogen and oxygen atoms in total. The van der Waals surface area contributed by atoms with E-state index in [0.29, 0.717) is 15.0 Å². The molecule has 2 fully saturated rings. The van der Waals surface area contributed by atoms with Crippen LogP contribution in [0, 0.1) is 22.0 Å². The molecule has 1 saturated carbocycles. The first-order valence-electron chi connectivity index (χ1n) is 13.9. The molecule has 0 spiro atoms. The molecule has 0 radical (unpaired) electrons. The molecule has 3 aromatic rings. The third-order valence-corrected chi connectivity index (χ3v) is 13.3. The molecule has 3 aromatic carbocycles. The van der Waals surface area contributed by atoms with Crippen molar-refractivity contribution in [2.75, 3.05) is 6.54 Å². The molecule has 1 heterocycles. The number of imide groups is 1. The number of allylic oxidation sites excluding steroid dienone is 2. The van der Waals surface area contributed by atoms with Crippen LogP contribution in [-0.4, -0.2) is 65.0 Å². The number of nitro groups is 1. The van der Waals surface area contributed by atoms with Crippen LogP contribution in [0.2, 0.25) is 10.0 Å². The van der Waals surface area contributed by atoms with Gasteiger partial charge in [0.1, 0.15) is 22.0 Å². The Labute approximate surface area is 321 Å². The van der Waals surface area contributed by atoms with Crippen LogP contribution in [0.1, 0.15) is 31.1 Å². The molecule has 4 atom stereocenters. The van der Waals surface area contributed by atoms with Crippen molar-refractivity contribution >= 4 is 128 Å². The largest absolute Gasteiger partial charge is 0.423 e. The molecule has 1 saturated heterocycles. The third-order valence-electron chi connectivity index (χ3n) is 8.52. The SMILES string of the molecule is O=C(CN(C(=O)c1ccc([N+](=O)[O-])cc1)N1C(=O)[C@@H]2[C@@H](C1=O)[C@@]1(Cl)C(Cl)=C(Cl)[C@@]2(Cl)C1(Cl)Cl)c1ccc(OC(=O)c2ccc(Cl)cc2Cl)cc1. The van der Waals surface area contributed by atoms with Crippen molar-refractivity contribution in [3.8, 4) is 5.75 Å². The van der Waals surface area contributed by atoms with E-state index in [9.17, 15) is 34.1 Å². The number of benzene rings is 3. The lowest BCUT2D eigenvalue weighted by molar-refractivity contribution is -0.384. The second-order valence-corrected chi connectivity index (χ2v) is 15.3. The van der Waals surface area contributed by atoms with Gasteiger partial charge in [-0.05, 0) is 54.6 Å². The highest BCUT2D eigenvalue weighted by atomic mass is 35.5. The summed E-state index contributed by atoms with van der Waals surface area (Å²) in [6, 6.07) is 13.5. The van der Waals surface area contributed by atoms with E-state index in [-0.39, 0.29) is 43.2 Å². The Bertz CT molecular complexity index is 2030. The van der Waals surface area contributed by atoms with Gasteiger partial charge >= 0.3 is 5.97 Å². The number of carbonyl (C=O) groups excluding carboxylic acids is 5. The van der Waals surface area contributed by atoms with Crippen LogP contribution in [0.3, 0.4) is 0 Å². The Hall–Kier alpha value is -3.13. The van der Waals surface area contributed by atoms with Gasteiger partial charge < -0.3 is 4.74 Å². The van der Waals surface area contributed by atoms with Crippen molar-refractivity contribution in [2.24, 2.45) is 11.8 Å². The highest BCUT2D eigenvalue weighted by Crippen LogP contribution is 2.77. The molecule has 3 amide bonds. The fraction of sp³-hybridized carbons (Fsp3) is 0.194. The summed E-state index contributed by atoms with van der Waals surface area (Å²) in [7, 11) is 0. The zero-order valence-corrected chi connectivity index (χ0v) is 30.4. The molecule has 2 aliphatic carbocycles. The Morgan fingerprint density at radius 3 is 1.82 bits per heavy atom. The van der Waals surface area contributed by atoms with E-state index in [2.05, 4.69) is 0 Å². The van der Waals surface area contributed by atoms with E-state index in [1.807, 2.05) is 0 Å². The average Bonchev–Trinajstić information content (AvgIpc) is 3.46. The Balaban J connectivity index is 1.32. The summed E-state index contributed by atoms with van der Waals surface area (Å²) in [5.41, 5.74) is -0.588. The van der Waals surface area contributed by atoms with Gasteiger partial charge in [-0.2, -0.15) is 5.01 Å². The monoisotopic (exact) mass is 837 g/mol. The molecular weight excluding hydrogens is 826 g/mol. The van der Waals surface area contributed by atoms with Gasteiger partial charge in [0.25, 0.3) is 23.4 Å². The van der Waals surface area contributed by atoms with Crippen LogP contribution in [0.5, 0.6) is 5.75 Å². The molecule has 6 rings (SSSR count). The number of Topliss-reactive ketones (excluding diaryl/α,β-unsaturated/α-hetero) is 1. The topological polar surface area (TPSA) is 144 Å². The number of carbonyl (C=O) groups is 5. The van der Waals surface area contributed by atoms with Crippen LogP contribution in [0.4, 0.5) is 5.69 Å². The third kappa shape index (κ3) is 5.28. The quantitative estimate of drug-likeness (QED) is 0.0425. The molecule has 0 unspecified atom stereocenters. The number of esters is 1. The fourth-order valence-electron chi connectivity index (χ4n) is 6.08. The first-order valence-corrected chi connectivity index (χ1v) is 17.0. The van der Waals surface area contributed by atoms with Crippen LogP contribution < -0.4 is 4.74 Å². The number of nitrogens with zero attached hydrogens (tertiary/aromatic N) is 3. The van der Waals surface area contributed by atoms with Crippen molar-refractivity contribution in [3.05, 3.63) is 114 Å². The van der Waals surface area contributed by atoms with Crippen molar-refractivity contribution < 1.29 is 33.6 Å². The number of hydrazine groups is 1. The number of hydrogen-bond donors (Lipinski definition) is 0. The molecule has 0 N–H and O–H groups in total. The summed E-state index contributed by atoms with van der Waals surface area (Å²) >= 11 is 51.4. The molecule has 19 heteroatoms. The highest BCUT2D eigenvalue weighted by molar-refractivity contribution is 6.66. The summed E-state index contributed by atoms with van der Waals surface area (Å²) in [4.78, 5) is 74.5. The lowest BCUT2D eigenvalue weighted by Crippen LogP contribution is -2.56. The fourth-order valence-corrected chi connectivity index (χ4v) is 9.49. The normalized spacial score (nSPS) is 24.8. The van der Waals surface area contributed by atoms with Gasteiger partial charge in [-0.15, -0.1) is 23.2 Å². The number of fused-ring (bicyclic) bond motifs is 5. The Morgan fingerprint density at radius 2 is 1.32 bits per heavy atom. The maximum absolute atomic E-state index is 14.1. The van der Waals surface area contributed by atoms with Crippen LogP contribution in [-0.2, 0) is 9.59 Å². The van der Waals surface area contributed by atoms with Crippen molar-refractivity contribution in [1.82, 2.24) is 10.0 Å². The summed E-state index contributed by atoms with van der Waals surface area (Å²) < 4.78 is 3.08. The van der Waals surface area contributed by atoms with Gasteiger partial charge in [0.15, 0.2) is 10.1 Å². The second kappa shape index (κ2) is 12.8. The van der Waals surface area contributed by atoms with Crippen LogP contribution in [0.15, 0.2) is 76.8 Å². The number of non-ortho nitro benzene ring substituents is 1. The molecule has 2 bridgehead atoms. The summed E-state index contributed by atoms with van der Waals surface area (Å²) in [5.74, 6) is -8.12. The molecule has 258 valence electrons. The van der Waals surface area contributed by atoms with Crippen LogP contribution in [0.25, 0.3) is 0 Å². The minimum absolute atomic E-state index is 0.0243. The van der Waals surface area contributed by atoms with Crippen molar-refractivity contribution in [1.29, 1.82) is 0 Å². The van der Waals surface area contributed by atoms with Gasteiger partial charge in [0.05, 0.1) is 37.4 Å². The van der Waals surface area contributed by atoms with Gasteiger partial charge in [0, 0.05) is 28.3 Å². The molecule has 1 aliphatic heterocycles. The lowest BCUT2D eigenvalue weighted by Gasteiger charge is -2.36. The van der Waals surface area contributed by atoms with Crippen LogP contribution >= 0.6 is 92.8 Å². The van der Waals surface area contributed by atoms with E-state index in [1.165, 1.54) is 42.5 Å². The van der Waals surface area contributed by atoms with Gasteiger partial charge in [-0.25, -0.2) is 9.80 Å². The first-order chi connectivity index (χ1) is 23.4. The summed E-state index contributed by atoms with van der Waals surface area (Å²) in [6.07, 6.45) is 0. The zero-order chi connectivity index (χ0) is 36.7. The standard InChI is InChI=1S/C31H15Cl8N3O8/c32-15-5-10-18(19(33)11-15)28(47)50-17-8-3-13(4-9-17)20(43)12-40(25(44)14-1-6-16(7-2-14)42(48)49)41-26(45)21-22(27(41)46)30(37)24(35)23(34)29(21,36)31(30,38)39/h1-11,21-22H,12H2/t21-,22-,29+,30+/m0/s1. The maximum atomic E-state index is 14.1. The van der Waals surface area contributed by atoms with E-state index < -0.39 is 66.9 Å². The number of amides is 3. The van der Waals surface area contributed by atoms with Gasteiger partial charge in [-0.1, -0.05) is 69.6 Å². The minimum atomic E-state index is -2.25. The van der Waals surface area contributed by atoms with E-state index in [1.54, 1.807) is 0 Å². The molecule has 0 aromatic heterocycles. The predicted molar refractivity (Wildman–Crippen MR) is 185 cm³/mol. The zero-order valence-electron chi connectivity index (χ0n) is 24.3. The number of nitro benzene ring substituents is 1. The second-order valence-electron chi connectivity index (χ2n) is 11.2. The van der Waals surface area contributed by atoms with E-state index in [0.717, 1.165) is 24.3 Å². The maximum Gasteiger partial charge on any atom is 0.345 e. The number of hydrogen-bond acceptors (Lipinski definition) is 8. The molecule has 3 aliphatic rings. The van der Waals surface area contributed by atoms with Crippen molar-refractivity contribution in [3.63, 3.8) is 0 Å². The smallest absolute Gasteiger partial charge is 0.345 e. The van der Waals surface area contributed by atoms with Crippen molar-refractivity contribution in [2.45, 2.75) is 14.1 Å². The Morgan fingerprint density at radius 1 is 0.800 bits per heavy atom. The number of ether oxygens (including phenoxy) is 1. The first kappa shape index (κ1) is 36.7. The number of alkyl halides is 4. The number of ketones is 1. The summed E-state index contributed by atoms with van der Waals surface area (Å²) in [5, 5.41) is 11.8. The minimum Gasteiger partial charge on any atom is -0.423 e. The highest BCUT2D eigenvalue weighted by Gasteiger charge is 2.88. The predicted octanol–water partition coefficient (Wildman–Crippen LogP) is 7.81. The van der Waals surface area contributed by atoms with E-state index in [4.69, 9.17) is 97.5 Å².